The van der Waals surface area contributed by atoms with Crippen LogP contribution in [0.1, 0.15) is 40.7 Å². The van der Waals surface area contributed by atoms with Gasteiger partial charge in [-0.3, -0.25) is 4.79 Å². The molecule has 0 atom stereocenters. The molecule has 0 heterocycles. The molecule has 0 saturated carbocycles. The van der Waals surface area contributed by atoms with Crippen LogP contribution in [0.5, 0.6) is 0 Å². The Kier molecular flexibility index (Phi) is 3.75. The van der Waals surface area contributed by atoms with Crippen LogP contribution in [0.3, 0.4) is 0 Å². The number of nitriles is 2. The number of aryl methyl sites for hydroxylation is 2. The van der Waals surface area contributed by atoms with Gasteiger partial charge in [-0.15, -0.1) is 0 Å². The van der Waals surface area contributed by atoms with Gasteiger partial charge in [0.25, 0.3) is 0 Å². The summed E-state index contributed by atoms with van der Waals surface area (Å²) in [6.07, 6.45) is 4.49. The highest BCUT2D eigenvalue weighted by molar-refractivity contribution is 5.96. The summed E-state index contributed by atoms with van der Waals surface area (Å²) in [5.41, 5.74) is 3.21. The maximum Gasteiger partial charge on any atom is 0.165 e. The Morgan fingerprint density at radius 1 is 1.17 bits per heavy atom. The quantitative estimate of drug-likeness (QED) is 0.760. The molecule has 90 valence electrons. The summed E-state index contributed by atoms with van der Waals surface area (Å²) in [6, 6.07) is 9.43. The predicted octanol–water partition coefficient (Wildman–Crippen LogP) is 2.80. The topological polar surface area (TPSA) is 64.7 Å². The number of Topliss-reactive ketones (excluding diaryl/α,β-unsaturated/α-hetero) is 1. The van der Waals surface area contributed by atoms with E-state index < -0.39 is 5.92 Å². The molecule has 0 bridgehead atoms. The molecule has 3 nitrogen and oxygen atoms in total. The van der Waals surface area contributed by atoms with Gasteiger partial charge in [0.15, 0.2) is 5.78 Å². The first-order valence-corrected chi connectivity index (χ1v) is 6.19. The van der Waals surface area contributed by atoms with Gasteiger partial charge in [-0.25, -0.2) is 0 Å². The second kappa shape index (κ2) is 5.47. The monoisotopic (exact) mass is 238 g/mol. The maximum absolute atomic E-state index is 12.0. The molecular formula is C15H14N2O. The van der Waals surface area contributed by atoms with Crippen LogP contribution in [0.25, 0.3) is 0 Å². The molecule has 0 aliphatic heterocycles. The number of nitrogens with zero attached hydrogens (tertiary/aromatic N) is 2. The van der Waals surface area contributed by atoms with Crippen LogP contribution in [0.15, 0.2) is 18.2 Å². The lowest BCUT2D eigenvalue weighted by Crippen LogP contribution is -2.09. The van der Waals surface area contributed by atoms with E-state index in [4.69, 9.17) is 10.5 Å². The summed E-state index contributed by atoms with van der Waals surface area (Å²) in [5.74, 6) is -0.954. The Hall–Kier alpha value is -2.13. The average Bonchev–Trinajstić information content (AvgIpc) is 2.44. The molecule has 1 aliphatic carbocycles. The lowest BCUT2D eigenvalue weighted by Gasteiger charge is -2.16. The Morgan fingerprint density at radius 2 is 1.83 bits per heavy atom. The number of carbonyl (C=O) groups excluding carboxylic acids is 1. The highest BCUT2D eigenvalue weighted by Crippen LogP contribution is 2.23. The zero-order chi connectivity index (χ0) is 13.0. The number of benzene rings is 1. The number of hydrogen-bond donors (Lipinski definition) is 0. The van der Waals surface area contributed by atoms with Crippen LogP contribution >= 0.6 is 0 Å². The molecule has 1 aromatic rings. The summed E-state index contributed by atoms with van der Waals surface area (Å²) in [5, 5.41) is 17.4. The van der Waals surface area contributed by atoms with Crippen LogP contribution < -0.4 is 0 Å². The molecule has 1 aromatic carbocycles. The van der Waals surface area contributed by atoms with E-state index in [0.29, 0.717) is 5.56 Å². The summed E-state index contributed by atoms with van der Waals surface area (Å²) in [6.45, 7) is 0. The van der Waals surface area contributed by atoms with E-state index in [1.54, 1.807) is 0 Å². The minimum Gasteiger partial charge on any atom is -0.294 e. The standard InChI is InChI=1S/C15H14N2O/c16-9-11(10-17)7-15(18)14-6-5-12-3-1-2-4-13(12)8-14/h5-6,8,11H,1-4,7H2. The summed E-state index contributed by atoms with van der Waals surface area (Å²) < 4.78 is 0. The molecule has 0 N–H and O–H groups in total. The zero-order valence-electron chi connectivity index (χ0n) is 10.1. The minimum atomic E-state index is -0.839. The Labute approximate surface area is 107 Å². The highest BCUT2D eigenvalue weighted by atomic mass is 16.1. The molecule has 3 heteroatoms. The van der Waals surface area contributed by atoms with Gasteiger partial charge in [-0.2, -0.15) is 10.5 Å². The molecule has 2 rings (SSSR count). The van der Waals surface area contributed by atoms with E-state index >= 15 is 0 Å². The second-order valence-corrected chi connectivity index (χ2v) is 4.63. The van der Waals surface area contributed by atoms with E-state index in [0.717, 1.165) is 12.8 Å². The van der Waals surface area contributed by atoms with Gasteiger partial charge in [-0.05, 0) is 42.9 Å². The first kappa shape index (κ1) is 12.3. The lowest BCUT2D eigenvalue weighted by atomic mass is 9.89. The first-order valence-electron chi connectivity index (χ1n) is 6.19. The molecule has 0 spiro atoms. The van der Waals surface area contributed by atoms with Crippen molar-refractivity contribution < 1.29 is 4.79 Å². The number of fused-ring (bicyclic) bond motifs is 1. The fraction of sp³-hybridized carbons (Fsp3) is 0.400. The van der Waals surface area contributed by atoms with Crippen molar-refractivity contribution in [1.82, 2.24) is 0 Å². The van der Waals surface area contributed by atoms with E-state index in [9.17, 15) is 4.79 Å². The van der Waals surface area contributed by atoms with Crippen LogP contribution in [-0.4, -0.2) is 5.78 Å². The Balaban J connectivity index is 2.17. The third-order valence-corrected chi connectivity index (χ3v) is 3.37. The van der Waals surface area contributed by atoms with Crippen molar-refractivity contribution in [1.29, 1.82) is 10.5 Å². The van der Waals surface area contributed by atoms with Gasteiger partial charge >= 0.3 is 0 Å². The predicted molar refractivity (Wildman–Crippen MR) is 66.7 cm³/mol. The molecule has 0 amide bonds. The number of rotatable bonds is 3. The van der Waals surface area contributed by atoms with Crippen LogP contribution in [0.2, 0.25) is 0 Å². The van der Waals surface area contributed by atoms with Crippen molar-refractivity contribution in [2.24, 2.45) is 5.92 Å². The molecule has 18 heavy (non-hydrogen) atoms. The summed E-state index contributed by atoms with van der Waals surface area (Å²) >= 11 is 0. The van der Waals surface area contributed by atoms with Crippen molar-refractivity contribution in [3.05, 3.63) is 34.9 Å². The molecule has 0 saturated heterocycles. The molecule has 0 unspecified atom stereocenters. The van der Waals surface area contributed by atoms with Crippen LogP contribution in [-0.2, 0) is 12.8 Å². The minimum absolute atomic E-state index is 0.00815. The van der Waals surface area contributed by atoms with E-state index in [1.807, 2.05) is 30.3 Å². The summed E-state index contributed by atoms with van der Waals surface area (Å²) in [4.78, 5) is 12.0. The van der Waals surface area contributed by atoms with Gasteiger partial charge in [0.05, 0.1) is 12.1 Å². The number of hydrogen-bond acceptors (Lipinski definition) is 3. The lowest BCUT2D eigenvalue weighted by molar-refractivity contribution is 0.0976. The van der Waals surface area contributed by atoms with Crippen molar-refractivity contribution in [2.45, 2.75) is 32.1 Å². The molecule has 0 radical (unpaired) electrons. The van der Waals surface area contributed by atoms with Gasteiger partial charge < -0.3 is 0 Å². The smallest absolute Gasteiger partial charge is 0.165 e. The second-order valence-electron chi connectivity index (χ2n) is 4.63. The van der Waals surface area contributed by atoms with E-state index in [2.05, 4.69) is 0 Å². The zero-order valence-corrected chi connectivity index (χ0v) is 10.1. The van der Waals surface area contributed by atoms with E-state index in [1.165, 1.54) is 24.0 Å². The van der Waals surface area contributed by atoms with Gasteiger partial charge in [0.2, 0.25) is 0 Å². The Bertz CT molecular complexity index is 535. The number of ketones is 1. The average molecular weight is 238 g/mol. The maximum atomic E-state index is 12.0. The fourth-order valence-corrected chi connectivity index (χ4v) is 2.33. The van der Waals surface area contributed by atoms with Gasteiger partial charge in [0, 0.05) is 12.0 Å². The fourth-order valence-electron chi connectivity index (χ4n) is 2.33. The van der Waals surface area contributed by atoms with Crippen molar-refractivity contribution >= 4 is 5.78 Å². The third kappa shape index (κ3) is 2.57. The normalized spacial score (nSPS) is 13.5. The van der Waals surface area contributed by atoms with E-state index in [-0.39, 0.29) is 12.2 Å². The SMILES string of the molecule is N#CC(C#N)CC(=O)c1ccc2c(c1)CCCC2. The van der Waals surface area contributed by atoms with Crippen molar-refractivity contribution in [2.75, 3.05) is 0 Å². The van der Waals surface area contributed by atoms with Crippen LogP contribution in [0.4, 0.5) is 0 Å². The van der Waals surface area contributed by atoms with Crippen LogP contribution in [0, 0.1) is 28.6 Å². The molecule has 1 aliphatic rings. The highest BCUT2D eigenvalue weighted by Gasteiger charge is 2.16. The Morgan fingerprint density at radius 3 is 2.50 bits per heavy atom. The first-order chi connectivity index (χ1) is 8.74. The molecule has 0 fully saturated rings. The molecule has 0 aromatic heterocycles. The largest absolute Gasteiger partial charge is 0.294 e. The summed E-state index contributed by atoms with van der Waals surface area (Å²) in [7, 11) is 0. The third-order valence-electron chi connectivity index (χ3n) is 3.37. The van der Waals surface area contributed by atoms with Gasteiger partial charge in [0.1, 0.15) is 5.92 Å². The van der Waals surface area contributed by atoms with Crippen molar-refractivity contribution in [3.8, 4) is 12.1 Å². The molecular weight excluding hydrogens is 224 g/mol. The van der Waals surface area contributed by atoms with Gasteiger partial charge in [-0.1, -0.05) is 12.1 Å². The number of carbonyl (C=O) groups is 1. The van der Waals surface area contributed by atoms with Crippen molar-refractivity contribution in [3.63, 3.8) is 0 Å².